The molecule has 0 unspecified atom stereocenters. The van der Waals surface area contributed by atoms with Gasteiger partial charge in [0.2, 0.25) is 0 Å². The van der Waals surface area contributed by atoms with Crippen LogP contribution in [0.5, 0.6) is 5.88 Å². The van der Waals surface area contributed by atoms with Crippen molar-refractivity contribution in [2.24, 2.45) is 0 Å². The van der Waals surface area contributed by atoms with Crippen molar-refractivity contribution in [2.45, 2.75) is 25.2 Å². The fraction of sp³-hybridized carbons (Fsp3) is 0.280. The molecule has 4 rings (SSSR count). The van der Waals surface area contributed by atoms with Crippen molar-refractivity contribution in [3.05, 3.63) is 77.0 Å². The molecule has 1 aliphatic rings. The Bertz CT molecular complexity index is 1280. The van der Waals surface area contributed by atoms with Crippen molar-refractivity contribution in [1.29, 1.82) is 5.26 Å². The lowest BCUT2D eigenvalue weighted by atomic mass is 9.96. The van der Waals surface area contributed by atoms with Crippen molar-refractivity contribution in [1.82, 2.24) is 14.8 Å². The molecule has 0 aliphatic carbocycles. The summed E-state index contributed by atoms with van der Waals surface area (Å²) in [5, 5.41) is 23.0. The monoisotopic (exact) mass is 483 g/mol. The van der Waals surface area contributed by atoms with Gasteiger partial charge in [0, 0.05) is 12.7 Å². The number of anilines is 2. The first-order chi connectivity index (χ1) is 16.6. The summed E-state index contributed by atoms with van der Waals surface area (Å²) in [6.07, 6.45) is -2.27. The van der Waals surface area contributed by atoms with Crippen LogP contribution < -0.4 is 10.2 Å². The molecular weight excluding hydrogens is 459 g/mol. The second-order valence-electron chi connectivity index (χ2n) is 8.60. The lowest BCUT2D eigenvalue weighted by Crippen LogP contribution is -2.44. The zero-order chi connectivity index (χ0) is 25.3. The van der Waals surface area contributed by atoms with Gasteiger partial charge < -0.3 is 19.9 Å². The van der Waals surface area contributed by atoms with E-state index in [2.05, 4.69) is 5.32 Å². The van der Waals surface area contributed by atoms with E-state index in [-0.39, 0.29) is 11.6 Å². The Balaban J connectivity index is 1.82. The molecule has 2 aromatic carbocycles. The summed E-state index contributed by atoms with van der Waals surface area (Å²) in [4.78, 5) is 16.4. The molecule has 0 spiro atoms. The third-order valence-corrected chi connectivity index (χ3v) is 5.88. The standard InChI is InChI=1S/C25H24F3N5O2/c1-31(2)11-4-12-32-15-20-21(23(32)34)22(17-9-7-16(14-29)8-10-17)30-24(35)33(20)19-6-3-5-18(13-19)25(26,27)28/h3,5-10,13,15,22,34H,4,11-12H2,1-2H3,(H,30,35)/t22-/m1/s1. The molecule has 1 atom stereocenters. The molecule has 0 fully saturated rings. The predicted octanol–water partition coefficient (Wildman–Crippen LogP) is 4.99. The minimum atomic E-state index is -4.57. The minimum Gasteiger partial charge on any atom is -0.494 e. The van der Waals surface area contributed by atoms with E-state index < -0.39 is 23.8 Å². The third-order valence-electron chi connectivity index (χ3n) is 5.88. The normalized spacial score (nSPS) is 15.6. The van der Waals surface area contributed by atoms with E-state index in [0.717, 1.165) is 23.6 Å². The van der Waals surface area contributed by atoms with Gasteiger partial charge in [-0.2, -0.15) is 18.4 Å². The second-order valence-corrected chi connectivity index (χ2v) is 8.60. The maximum absolute atomic E-state index is 13.4. The van der Waals surface area contributed by atoms with E-state index in [1.807, 2.05) is 25.1 Å². The summed E-state index contributed by atoms with van der Waals surface area (Å²) in [6, 6.07) is 11.7. The van der Waals surface area contributed by atoms with Gasteiger partial charge >= 0.3 is 12.2 Å². The molecule has 35 heavy (non-hydrogen) atoms. The molecule has 2 heterocycles. The molecule has 0 saturated carbocycles. The Labute approximate surface area is 200 Å². The topological polar surface area (TPSA) is 84.5 Å². The van der Waals surface area contributed by atoms with Crippen LogP contribution in [0.1, 0.15) is 34.7 Å². The maximum Gasteiger partial charge on any atom is 0.416 e. The number of hydrogen-bond donors (Lipinski definition) is 2. The number of nitrogens with zero attached hydrogens (tertiary/aromatic N) is 4. The number of benzene rings is 2. The van der Waals surface area contributed by atoms with Crippen LogP contribution in [0.2, 0.25) is 0 Å². The summed E-state index contributed by atoms with van der Waals surface area (Å²) < 4.78 is 41.7. The maximum atomic E-state index is 13.4. The van der Waals surface area contributed by atoms with Gasteiger partial charge in [-0.1, -0.05) is 18.2 Å². The number of halogens is 3. The smallest absolute Gasteiger partial charge is 0.416 e. The van der Waals surface area contributed by atoms with Crippen LogP contribution in [0.25, 0.3) is 0 Å². The molecule has 182 valence electrons. The highest BCUT2D eigenvalue weighted by molar-refractivity contribution is 6.03. The van der Waals surface area contributed by atoms with E-state index in [0.29, 0.717) is 35.3 Å². The van der Waals surface area contributed by atoms with Gasteiger partial charge in [-0.15, -0.1) is 0 Å². The van der Waals surface area contributed by atoms with Crippen LogP contribution in [0, 0.1) is 11.3 Å². The van der Waals surface area contributed by atoms with Crippen molar-refractivity contribution < 1.29 is 23.1 Å². The molecule has 1 aliphatic heterocycles. The first kappa shape index (κ1) is 24.2. The van der Waals surface area contributed by atoms with Crippen LogP contribution in [-0.4, -0.2) is 41.2 Å². The van der Waals surface area contributed by atoms with Crippen LogP contribution in [0.3, 0.4) is 0 Å². The van der Waals surface area contributed by atoms with Crippen molar-refractivity contribution in [2.75, 3.05) is 25.5 Å². The summed E-state index contributed by atoms with van der Waals surface area (Å²) in [7, 11) is 3.86. The minimum absolute atomic E-state index is 0.0299. The molecule has 3 aromatic rings. The van der Waals surface area contributed by atoms with Gasteiger partial charge in [-0.3, -0.25) is 4.90 Å². The van der Waals surface area contributed by atoms with Gasteiger partial charge in [0.1, 0.15) is 0 Å². The number of fused-ring (bicyclic) bond motifs is 1. The SMILES string of the molecule is CN(C)CCCn1cc2c(c1O)[C@@H](c1ccc(C#N)cc1)NC(=O)N2c1cccc(C(F)(F)F)c1. The van der Waals surface area contributed by atoms with E-state index >= 15 is 0 Å². The number of aromatic nitrogens is 1. The van der Waals surface area contributed by atoms with Gasteiger partial charge in [0.05, 0.1) is 40.2 Å². The van der Waals surface area contributed by atoms with Crippen LogP contribution in [-0.2, 0) is 12.7 Å². The van der Waals surface area contributed by atoms with E-state index in [9.17, 15) is 23.1 Å². The zero-order valence-electron chi connectivity index (χ0n) is 19.2. The highest BCUT2D eigenvalue weighted by Crippen LogP contribution is 2.45. The molecule has 0 saturated heterocycles. The average Bonchev–Trinajstić information content (AvgIpc) is 3.13. The number of nitriles is 1. The Morgan fingerprint density at radius 1 is 1.17 bits per heavy atom. The molecular formula is C25H24F3N5O2. The van der Waals surface area contributed by atoms with Crippen LogP contribution in [0.15, 0.2) is 54.7 Å². The largest absolute Gasteiger partial charge is 0.494 e. The zero-order valence-corrected chi connectivity index (χ0v) is 19.2. The van der Waals surface area contributed by atoms with Crippen molar-refractivity contribution >= 4 is 17.4 Å². The number of alkyl halides is 3. The summed E-state index contributed by atoms with van der Waals surface area (Å²) in [5.74, 6) is -0.0786. The van der Waals surface area contributed by atoms with Gasteiger partial charge in [-0.05, 0) is 63.0 Å². The number of carbonyl (C=O) groups excluding carboxylic acids is 1. The number of rotatable bonds is 6. The molecule has 1 aromatic heterocycles. The number of aryl methyl sites for hydroxylation is 1. The highest BCUT2D eigenvalue weighted by atomic mass is 19.4. The number of carbonyl (C=O) groups is 1. The summed E-state index contributed by atoms with van der Waals surface area (Å²) >= 11 is 0. The lowest BCUT2D eigenvalue weighted by Gasteiger charge is -2.33. The Morgan fingerprint density at radius 2 is 1.89 bits per heavy atom. The summed E-state index contributed by atoms with van der Waals surface area (Å²) in [6.45, 7) is 1.21. The fourth-order valence-corrected chi connectivity index (χ4v) is 4.18. The Hall–Kier alpha value is -3.97. The molecule has 0 bridgehead atoms. The van der Waals surface area contributed by atoms with Crippen molar-refractivity contribution in [3.8, 4) is 11.9 Å². The number of amides is 2. The van der Waals surface area contributed by atoms with Crippen LogP contribution >= 0.6 is 0 Å². The highest BCUT2D eigenvalue weighted by Gasteiger charge is 2.38. The molecule has 10 heteroatoms. The fourth-order valence-electron chi connectivity index (χ4n) is 4.18. The van der Waals surface area contributed by atoms with Crippen molar-refractivity contribution in [3.63, 3.8) is 0 Å². The molecule has 0 radical (unpaired) electrons. The molecule has 2 amide bonds. The number of urea groups is 1. The Kier molecular flexibility index (Phi) is 6.45. The lowest BCUT2D eigenvalue weighted by molar-refractivity contribution is -0.137. The molecule has 2 N–H and O–H groups in total. The third kappa shape index (κ3) is 4.81. The van der Waals surface area contributed by atoms with Gasteiger partial charge in [-0.25, -0.2) is 4.79 Å². The first-order valence-corrected chi connectivity index (χ1v) is 10.9. The number of aromatic hydroxyl groups is 1. The van der Waals surface area contributed by atoms with E-state index in [1.54, 1.807) is 35.0 Å². The van der Waals surface area contributed by atoms with Gasteiger partial charge in [0.25, 0.3) is 0 Å². The average molecular weight is 483 g/mol. The first-order valence-electron chi connectivity index (χ1n) is 10.9. The second kappa shape index (κ2) is 9.35. The summed E-state index contributed by atoms with van der Waals surface area (Å²) in [5.41, 5.74) is 0.882. The quantitative estimate of drug-likeness (QED) is 0.518. The predicted molar refractivity (Wildman–Crippen MR) is 124 cm³/mol. The molecule has 7 nitrogen and oxygen atoms in total. The van der Waals surface area contributed by atoms with Gasteiger partial charge in [0.15, 0.2) is 5.88 Å². The number of hydrogen-bond acceptors (Lipinski definition) is 4. The van der Waals surface area contributed by atoms with Crippen LogP contribution in [0.4, 0.5) is 29.3 Å². The Morgan fingerprint density at radius 3 is 2.51 bits per heavy atom. The number of nitrogens with one attached hydrogen (secondary N) is 1. The van der Waals surface area contributed by atoms with E-state index in [4.69, 9.17) is 5.26 Å². The van der Waals surface area contributed by atoms with E-state index in [1.165, 1.54) is 12.1 Å².